The minimum atomic E-state index is -0.405. The van der Waals surface area contributed by atoms with Crippen LogP contribution in [-0.4, -0.2) is 0 Å². The van der Waals surface area contributed by atoms with E-state index in [2.05, 4.69) is 15.9 Å². The van der Waals surface area contributed by atoms with E-state index in [0.717, 1.165) is 10.0 Å². The lowest BCUT2D eigenvalue weighted by Crippen LogP contribution is -1.95. The van der Waals surface area contributed by atoms with Crippen LogP contribution in [0.25, 0.3) is 0 Å². The minimum absolute atomic E-state index is 0.303. The van der Waals surface area contributed by atoms with Crippen molar-refractivity contribution in [2.24, 2.45) is 0 Å². The van der Waals surface area contributed by atoms with Crippen LogP contribution in [0.2, 0.25) is 5.02 Å². The zero-order valence-corrected chi connectivity index (χ0v) is 11.7. The number of rotatable bonds is 2. The number of benzene rings is 2. The van der Waals surface area contributed by atoms with Gasteiger partial charge in [0.05, 0.1) is 5.38 Å². The Morgan fingerprint density at radius 1 is 1.06 bits per heavy atom. The summed E-state index contributed by atoms with van der Waals surface area (Å²) >= 11 is 15.5. The van der Waals surface area contributed by atoms with Crippen LogP contribution in [0, 0.1) is 5.82 Å². The van der Waals surface area contributed by atoms with Gasteiger partial charge in [-0.3, -0.25) is 0 Å². The van der Waals surface area contributed by atoms with E-state index in [-0.39, 0.29) is 5.82 Å². The van der Waals surface area contributed by atoms with Crippen LogP contribution in [-0.2, 0) is 0 Å². The Kier molecular flexibility index (Phi) is 4.08. The highest BCUT2D eigenvalue weighted by atomic mass is 79.9. The molecule has 1 atom stereocenters. The summed E-state index contributed by atoms with van der Waals surface area (Å²) in [4.78, 5) is 0. The fraction of sp³-hybridized carbons (Fsp3) is 0.0769. The molecule has 0 aliphatic heterocycles. The molecule has 0 nitrogen and oxygen atoms in total. The molecule has 0 radical (unpaired) electrons. The molecule has 0 fully saturated rings. The highest BCUT2D eigenvalue weighted by Crippen LogP contribution is 2.34. The molecule has 2 rings (SSSR count). The van der Waals surface area contributed by atoms with E-state index in [0.29, 0.717) is 10.6 Å². The third kappa shape index (κ3) is 3.01. The summed E-state index contributed by atoms with van der Waals surface area (Å²) in [5.74, 6) is -0.303. The van der Waals surface area contributed by atoms with Crippen molar-refractivity contribution in [3.8, 4) is 0 Å². The predicted octanol–water partition coefficient (Wildman–Crippen LogP) is 5.57. The summed E-state index contributed by atoms with van der Waals surface area (Å²) < 4.78 is 14.0. The molecular weight excluding hydrogens is 326 g/mol. The average Bonchev–Trinajstić information content (AvgIpc) is 2.32. The van der Waals surface area contributed by atoms with Gasteiger partial charge in [-0.1, -0.05) is 39.7 Å². The van der Waals surface area contributed by atoms with Gasteiger partial charge in [0.25, 0.3) is 0 Å². The molecule has 0 aliphatic rings. The van der Waals surface area contributed by atoms with Crippen LogP contribution in [0.1, 0.15) is 16.5 Å². The van der Waals surface area contributed by atoms with Crippen molar-refractivity contribution in [1.29, 1.82) is 0 Å². The summed E-state index contributed by atoms with van der Waals surface area (Å²) in [7, 11) is 0. The van der Waals surface area contributed by atoms with Crippen molar-refractivity contribution in [3.63, 3.8) is 0 Å². The van der Waals surface area contributed by atoms with Crippen molar-refractivity contribution in [2.45, 2.75) is 5.38 Å². The molecule has 4 heteroatoms. The molecule has 2 aromatic rings. The monoisotopic (exact) mass is 332 g/mol. The predicted molar refractivity (Wildman–Crippen MR) is 73.2 cm³/mol. The molecule has 0 amide bonds. The Morgan fingerprint density at radius 2 is 1.71 bits per heavy atom. The summed E-state index contributed by atoms with van der Waals surface area (Å²) in [6.07, 6.45) is 0. The fourth-order valence-electron chi connectivity index (χ4n) is 1.52. The van der Waals surface area contributed by atoms with Gasteiger partial charge in [-0.25, -0.2) is 4.39 Å². The molecule has 1 unspecified atom stereocenters. The third-order valence-electron chi connectivity index (χ3n) is 2.39. The van der Waals surface area contributed by atoms with Gasteiger partial charge < -0.3 is 0 Å². The summed E-state index contributed by atoms with van der Waals surface area (Å²) in [5.41, 5.74) is 1.58. The maximum Gasteiger partial charge on any atom is 0.123 e. The van der Waals surface area contributed by atoms with Crippen molar-refractivity contribution >= 4 is 39.1 Å². The molecule has 0 aromatic heterocycles. The van der Waals surface area contributed by atoms with E-state index >= 15 is 0 Å². The van der Waals surface area contributed by atoms with Crippen LogP contribution in [0.5, 0.6) is 0 Å². The van der Waals surface area contributed by atoms with E-state index in [1.165, 1.54) is 12.1 Å². The zero-order chi connectivity index (χ0) is 12.4. The molecule has 0 N–H and O–H groups in total. The SMILES string of the molecule is Fc1ccc(Br)c(C(Cl)c2ccc(Cl)cc2)c1. The van der Waals surface area contributed by atoms with Gasteiger partial charge in [0.2, 0.25) is 0 Å². The molecule has 2 aromatic carbocycles. The fourth-order valence-corrected chi connectivity index (χ4v) is 2.58. The standard InChI is InChI=1S/C13H8BrCl2F/c14-12-6-5-10(17)7-11(12)13(16)8-1-3-9(15)4-2-8/h1-7,13H. The molecule has 0 spiro atoms. The minimum Gasteiger partial charge on any atom is -0.207 e. The Balaban J connectivity index is 2.39. The molecule has 0 saturated heterocycles. The summed E-state index contributed by atoms with van der Waals surface area (Å²) in [6, 6.07) is 11.7. The second-order valence-corrected chi connectivity index (χ2v) is 5.31. The highest BCUT2D eigenvalue weighted by Gasteiger charge is 2.14. The van der Waals surface area contributed by atoms with E-state index in [4.69, 9.17) is 23.2 Å². The first-order valence-corrected chi connectivity index (χ1v) is 6.53. The number of halogens is 4. The van der Waals surface area contributed by atoms with E-state index in [1.54, 1.807) is 18.2 Å². The first-order valence-electron chi connectivity index (χ1n) is 4.92. The van der Waals surface area contributed by atoms with Crippen LogP contribution in [0.4, 0.5) is 4.39 Å². The Labute approximate surface area is 117 Å². The molecule has 0 saturated carbocycles. The Bertz CT molecular complexity index is 525. The lowest BCUT2D eigenvalue weighted by molar-refractivity contribution is 0.625. The van der Waals surface area contributed by atoms with Crippen LogP contribution >= 0.6 is 39.1 Å². The molecule has 0 heterocycles. The van der Waals surface area contributed by atoms with E-state index < -0.39 is 5.38 Å². The van der Waals surface area contributed by atoms with E-state index in [1.807, 2.05) is 12.1 Å². The van der Waals surface area contributed by atoms with Crippen LogP contribution in [0.15, 0.2) is 46.9 Å². The molecule has 17 heavy (non-hydrogen) atoms. The van der Waals surface area contributed by atoms with Crippen molar-refractivity contribution < 1.29 is 4.39 Å². The number of hydrogen-bond donors (Lipinski definition) is 0. The first-order chi connectivity index (χ1) is 8.08. The first kappa shape index (κ1) is 12.9. The maximum absolute atomic E-state index is 13.2. The average molecular weight is 334 g/mol. The third-order valence-corrected chi connectivity index (χ3v) is 3.85. The normalized spacial score (nSPS) is 12.5. The number of alkyl halides is 1. The highest BCUT2D eigenvalue weighted by molar-refractivity contribution is 9.10. The lowest BCUT2D eigenvalue weighted by Gasteiger charge is -2.12. The molecule has 0 aliphatic carbocycles. The molecular formula is C13H8BrCl2F. The summed E-state index contributed by atoms with van der Waals surface area (Å²) in [6.45, 7) is 0. The largest absolute Gasteiger partial charge is 0.207 e. The van der Waals surface area contributed by atoms with Gasteiger partial charge in [-0.15, -0.1) is 11.6 Å². The van der Waals surface area contributed by atoms with Gasteiger partial charge in [0, 0.05) is 9.50 Å². The van der Waals surface area contributed by atoms with E-state index in [9.17, 15) is 4.39 Å². The topological polar surface area (TPSA) is 0 Å². The Morgan fingerprint density at radius 3 is 2.35 bits per heavy atom. The maximum atomic E-state index is 13.2. The van der Waals surface area contributed by atoms with Gasteiger partial charge >= 0.3 is 0 Å². The van der Waals surface area contributed by atoms with Crippen LogP contribution < -0.4 is 0 Å². The van der Waals surface area contributed by atoms with Gasteiger partial charge in [0.15, 0.2) is 0 Å². The Hall–Kier alpha value is -0.570. The quantitative estimate of drug-likeness (QED) is 0.630. The van der Waals surface area contributed by atoms with Gasteiger partial charge in [0.1, 0.15) is 5.82 Å². The lowest BCUT2D eigenvalue weighted by atomic mass is 10.0. The second-order valence-electron chi connectivity index (χ2n) is 3.58. The smallest absolute Gasteiger partial charge is 0.123 e. The van der Waals surface area contributed by atoms with Crippen molar-refractivity contribution in [3.05, 3.63) is 68.9 Å². The molecule has 88 valence electrons. The van der Waals surface area contributed by atoms with Crippen molar-refractivity contribution in [2.75, 3.05) is 0 Å². The summed E-state index contributed by atoms with van der Waals surface area (Å²) in [5, 5.41) is 0.244. The second kappa shape index (κ2) is 5.38. The van der Waals surface area contributed by atoms with Gasteiger partial charge in [-0.2, -0.15) is 0 Å². The molecule has 0 bridgehead atoms. The number of hydrogen-bond acceptors (Lipinski definition) is 0. The zero-order valence-electron chi connectivity index (χ0n) is 8.63. The van der Waals surface area contributed by atoms with Gasteiger partial charge in [-0.05, 0) is 41.5 Å². The van der Waals surface area contributed by atoms with Crippen LogP contribution in [0.3, 0.4) is 0 Å². The van der Waals surface area contributed by atoms with Crippen molar-refractivity contribution in [1.82, 2.24) is 0 Å².